The lowest BCUT2D eigenvalue weighted by Gasteiger charge is -2.09. The van der Waals surface area contributed by atoms with Crippen molar-refractivity contribution in [1.29, 1.82) is 0 Å². The predicted molar refractivity (Wildman–Crippen MR) is 88.5 cm³/mol. The summed E-state index contributed by atoms with van der Waals surface area (Å²) in [5.74, 6) is -0.0702. The summed E-state index contributed by atoms with van der Waals surface area (Å²) in [6.07, 6.45) is 5.30. The third kappa shape index (κ3) is 4.34. The van der Waals surface area contributed by atoms with E-state index in [9.17, 15) is 9.59 Å². The van der Waals surface area contributed by atoms with Gasteiger partial charge in [0.1, 0.15) is 11.6 Å². The maximum Gasteiger partial charge on any atom is 0.335 e. The standard InChI is InChI=1S/C17H21N3O4/c1-3-15-18-6-8-20(15)7-4-5-19-16(21)12-9-13(17(22)23)11-14(10-12)24-2/h6,8-11H,3-5,7H2,1-2H3,(H,19,21)(H,22,23). The Kier molecular flexibility index (Phi) is 5.95. The zero-order valence-electron chi connectivity index (χ0n) is 13.8. The fourth-order valence-corrected chi connectivity index (χ4v) is 2.38. The van der Waals surface area contributed by atoms with Crippen molar-refractivity contribution in [1.82, 2.24) is 14.9 Å². The SMILES string of the molecule is CCc1nccn1CCCNC(=O)c1cc(OC)cc(C(=O)O)c1. The Bertz CT molecular complexity index is 724. The van der Waals surface area contributed by atoms with Gasteiger partial charge in [-0.15, -0.1) is 0 Å². The van der Waals surface area contributed by atoms with Gasteiger partial charge in [-0.1, -0.05) is 6.92 Å². The number of carboxylic acids is 1. The van der Waals surface area contributed by atoms with Crippen LogP contribution in [0.3, 0.4) is 0 Å². The summed E-state index contributed by atoms with van der Waals surface area (Å²) >= 11 is 0. The summed E-state index contributed by atoms with van der Waals surface area (Å²) in [5, 5.41) is 11.9. The topological polar surface area (TPSA) is 93.5 Å². The number of hydrogen-bond donors (Lipinski definition) is 2. The van der Waals surface area contributed by atoms with Crippen molar-refractivity contribution in [2.75, 3.05) is 13.7 Å². The fourth-order valence-electron chi connectivity index (χ4n) is 2.38. The summed E-state index contributed by atoms with van der Waals surface area (Å²) in [6.45, 7) is 3.30. The molecule has 24 heavy (non-hydrogen) atoms. The molecule has 0 fully saturated rings. The number of methoxy groups -OCH3 is 1. The highest BCUT2D eigenvalue weighted by Crippen LogP contribution is 2.17. The molecule has 0 radical (unpaired) electrons. The van der Waals surface area contributed by atoms with Crippen molar-refractivity contribution in [3.63, 3.8) is 0 Å². The van der Waals surface area contributed by atoms with Gasteiger partial charge in [0, 0.05) is 37.5 Å². The molecule has 2 rings (SSSR count). The molecule has 0 spiro atoms. The lowest BCUT2D eigenvalue weighted by Crippen LogP contribution is -2.25. The second kappa shape index (κ2) is 8.14. The number of ether oxygens (including phenoxy) is 1. The van der Waals surface area contributed by atoms with E-state index in [2.05, 4.69) is 14.9 Å². The largest absolute Gasteiger partial charge is 0.497 e. The van der Waals surface area contributed by atoms with E-state index in [0.717, 1.165) is 25.2 Å². The molecule has 0 aliphatic rings. The monoisotopic (exact) mass is 331 g/mol. The van der Waals surface area contributed by atoms with Crippen LogP contribution in [-0.2, 0) is 13.0 Å². The molecule has 7 nitrogen and oxygen atoms in total. The molecular formula is C17H21N3O4. The van der Waals surface area contributed by atoms with Crippen LogP contribution in [-0.4, -0.2) is 40.2 Å². The van der Waals surface area contributed by atoms with Crippen LogP contribution in [0.25, 0.3) is 0 Å². The third-order valence-corrected chi connectivity index (χ3v) is 3.63. The Hall–Kier alpha value is -2.83. The van der Waals surface area contributed by atoms with E-state index in [-0.39, 0.29) is 17.0 Å². The van der Waals surface area contributed by atoms with E-state index in [4.69, 9.17) is 9.84 Å². The first-order chi connectivity index (χ1) is 11.5. The predicted octanol–water partition coefficient (Wildman–Crippen LogP) is 1.97. The molecule has 7 heteroatoms. The number of carbonyl (C=O) groups is 2. The quantitative estimate of drug-likeness (QED) is 0.721. The zero-order chi connectivity index (χ0) is 17.5. The molecule has 128 valence electrons. The third-order valence-electron chi connectivity index (χ3n) is 3.63. The van der Waals surface area contributed by atoms with Crippen LogP contribution < -0.4 is 10.1 Å². The van der Waals surface area contributed by atoms with Gasteiger partial charge in [0.15, 0.2) is 0 Å². The number of carboxylic acid groups (broad SMARTS) is 1. The normalized spacial score (nSPS) is 10.4. The average Bonchev–Trinajstić information content (AvgIpc) is 3.05. The minimum Gasteiger partial charge on any atom is -0.497 e. The summed E-state index contributed by atoms with van der Waals surface area (Å²) in [6, 6.07) is 4.24. The van der Waals surface area contributed by atoms with Crippen molar-refractivity contribution in [3.05, 3.63) is 47.5 Å². The molecule has 2 aromatic rings. The maximum atomic E-state index is 12.2. The van der Waals surface area contributed by atoms with Gasteiger partial charge in [-0.25, -0.2) is 9.78 Å². The van der Waals surface area contributed by atoms with E-state index >= 15 is 0 Å². The first kappa shape index (κ1) is 17.5. The van der Waals surface area contributed by atoms with Crippen LogP contribution in [0.2, 0.25) is 0 Å². The molecule has 1 amide bonds. The van der Waals surface area contributed by atoms with Crippen LogP contribution in [0.1, 0.15) is 39.9 Å². The molecule has 0 aliphatic carbocycles. The van der Waals surface area contributed by atoms with Crippen molar-refractivity contribution in [2.24, 2.45) is 0 Å². The molecule has 2 N–H and O–H groups in total. The highest BCUT2D eigenvalue weighted by atomic mass is 16.5. The Morgan fingerprint density at radius 2 is 2.04 bits per heavy atom. The number of imidazole rings is 1. The number of benzene rings is 1. The van der Waals surface area contributed by atoms with Crippen molar-refractivity contribution in [3.8, 4) is 5.75 Å². The molecular weight excluding hydrogens is 310 g/mol. The second-order valence-corrected chi connectivity index (χ2v) is 5.26. The van der Waals surface area contributed by atoms with Crippen molar-refractivity contribution >= 4 is 11.9 Å². The minimum atomic E-state index is -1.10. The van der Waals surface area contributed by atoms with E-state index in [1.54, 1.807) is 6.20 Å². The van der Waals surface area contributed by atoms with E-state index < -0.39 is 5.97 Å². The van der Waals surface area contributed by atoms with Gasteiger partial charge in [-0.3, -0.25) is 4.79 Å². The number of aryl methyl sites for hydroxylation is 2. The van der Waals surface area contributed by atoms with Crippen LogP contribution >= 0.6 is 0 Å². The highest BCUT2D eigenvalue weighted by molar-refractivity contribution is 5.98. The highest BCUT2D eigenvalue weighted by Gasteiger charge is 2.12. The van der Waals surface area contributed by atoms with E-state index in [1.165, 1.54) is 25.3 Å². The number of carbonyl (C=O) groups excluding carboxylic acids is 1. The Morgan fingerprint density at radius 1 is 1.29 bits per heavy atom. The molecule has 0 atom stereocenters. The van der Waals surface area contributed by atoms with Gasteiger partial charge >= 0.3 is 5.97 Å². The molecule has 0 aliphatic heterocycles. The lowest BCUT2D eigenvalue weighted by molar-refractivity contribution is 0.0696. The van der Waals surface area contributed by atoms with Crippen LogP contribution in [0, 0.1) is 0 Å². The maximum absolute atomic E-state index is 12.2. The van der Waals surface area contributed by atoms with Crippen molar-refractivity contribution < 1.29 is 19.4 Å². The first-order valence-electron chi connectivity index (χ1n) is 7.75. The Balaban J connectivity index is 1.92. The van der Waals surface area contributed by atoms with Crippen LogP contribution in [0.4, 0.5) is 0 Å². The average molecular weight is 331 g/mol. The minimum absolute atomic E-state index is 0.0190. The number of rotatable bonds is 8. The zero-order valence-corrected chi connectivity index (χ0v) is 13.8. The van der Waals surface area contributed by atoms with Gasteiger partial charge in [0.2, 0.25) is 0 Å². The number of amides is 1. The number of nitrogens with zero attached hydrogens (tertiary/aromatic N) is 2. The summed E-state index contributed by atoms with van der Waals surface area (Å²) in [7, 11) is 1.43. The molecule has 1 heterocycles. The lowest BCUT2D eigenvalue weighted by atomic mass is 10.1. The number of hydrogen-bond acceptors (Lipinski definition) is 4. The molecule has 0 bridgehead atoms. The van der Waals surface area contributed by atoms with Gasteiger partial charge in [0.25, 0.3) is 5.91 Å². The van der Waals surface area contributed by atoms with Crippen molar-refractivity contribution in [2.45, 2.75) is 26.3 Å². The molecule has 1 aromatic carbocycles. The Labute approximate surface area is 140 Å². The number of nitrogens with one attached hydrogen (secondary N) is 1. The summed E-state index contributed by atoms with van der Waals surface area (Å²) in [5.41, 5.74) is 0.286. The smallest absolute Gasteiger partial charge is 0.335 e. The summed E-state index contributed by atoms with van der Waals surface area (Å²) < 4.78 is 7.10. The van der Waals surface area contributed by atoms with Crippen LogP contribution in [0.5, 0.6) is 5.75 Å². The van der Waals surface area contributed by atoms with Gasteiger partial charge in [0.05, 0.1) is 12.7 Å². The first-order valence-corrected chi connectivity index (χ1v) is 7.75. The number of aromatic nitrogens is 2. The van der Waals surface area contributed by atoms with Gasteiger partial charge < -0.3 is 19.7 Å². The van der Waals surface area contributed by atoms with E-state index in [1.807, 2.05) is 13.1 Å². The fraction of sp³-hybridized carbons (Fsp3) is 0.353. The summed E-state index contributed by atoms with van der Waals surface area (Å²) in [4.78, 5) is 27.5. The van der Waals surface area contributed by atoms with E-state index in [0.29, 0.717) is 12.3 Å². The van der Waals surface area contributed by atoms with Gasteiger partial charge in [-0.05, 0) is 24.6 Å². The van der Waals surface area contributed by atoms with Crippen LogP contribution in [0.15, 0.2) is 30.6 Å². The number of aromatic carboxylic acids is 1. The molecule has 1 aromatic heterocycles. The molecule has 0 unspecified atom stereocenters. The molecule has 0 saturated carbocycles. The Morgan fingerprint density at radius 3 is 2.71 bits per heavy atom. The molecule has 0 saturated heterocycles. The second-order valence-electron chi connectivity index (χ2n) is 5.26. The van der Waals surface area contributed by atoms with Gasteiger partial charge in [-0.2, -0.15) is 0 Å².